The second-order valence-electron chi connectivity index (χ2n) is 5.06. The molecule has 2 N–H and O–H groups in total. The van der Waals surface area contributed by atoms with Crippen molar-refractivity contribution in [2.45, 2.75) is 13.3 Å². The van der Waals surface area contributed by atoms with Gasteiger partial charge in [-0.25, -0.2) is 0 Å². The van der Waals surface area contributed by atoms with E-state index in [-0.39, 0.29) is 5.91 Å². The van der Waals surface area contributed by atoms with Crippen LogP contribution in [0.3, 0.4) is 0 Å². The van der Waals surface area contributed by atoms with Gasteiger partial charge in [-0.2, -0.15) is 0 Å². The lowest BCUT2D eigenvalue weighted by Crippen LogP contribution is -2.49. The Labute approximate surface area is 120 Å². The third kappa shape index (κ3) is 3.22. The van der Waals surface area contributed by atoms with Crippen LogP contribution in [-0.2, 0) is 4.79 Å². The van der Waals surface area contributed by atoms with Crippen LogP contribution in [-0.4, -0.2) is 50.6 Å². The molecule has 0 unspecified atom stereocenters. The largest absolute Gasteiger partial charge is 0.496 e. The number of nitrogens with two attached hydrogens (primary N) is 1. The van der Waals surface area contributed by atoms with E-state index in [1.54, 1.807) is 7.11 Å². The molecule has 0 aromatic heterocycles. The maximum absolute atomic E-state index is 11.8. The van der Waals surface area contributed by atoms with E-state index in [1.807, 2.05) is 17.9 Å². The summed E-state index contributed by atoms with van der Waals surface area (Å²) in [6, 6.07) is 6.20. The van der Waals surface area contributed by atoms with Gasteiger partial charge in [0, 0.05) is 44.8 Å². The highest BCUT2D eigenvalue weighted by Gasteiger charge is 2.20. The molecule has 0 bridgehead atoms. The van der Waals surface area contributed by atoms with Gasteiger partial charge in [0.25, 0.3) is 0 Å². The van der Waals surface area contributed by atoms with Crippen molar-refractivity contribution >= 4 is 11.6 Å². The number of hydrogen-bond donors (Lipinski definition) is 1. The van der Waals surface area contributed by atoms with Gasteiger partial charge in [-0.1, -0.05) is 0 Å². The molecule has 110 valence electrons. The number of amides is 1. The summed E-state index contributed by atoms with van der Waals surface area (Å²) in [5.74, 6) is 1.07. The summed E-state index contributed by atoms with van der Waals surface area (Å²) in [4.78, 5) is 16.0. The van der Waals surface area contributed by atoms with Crippen molar-refractivity contribution in [3.63, 3.8) is 0 Å². The SMILES string of the molecule is COc1ccc(N2CCN(C(=O)CCN)CC2)cc1C. The molecule has 1 saturated heterocycles. The van der Waals surface area contributed by atoms with Crippen LogP contribution in [0.2, 0.25) is 0 Å². The second-order valence-corrected chi connectivity index (χ2v) is 5.06. The number of aryl methyl sites for hydroxylation is 1. The molecule has 5 heteroatoms. The lowest BCUT2D eigenvalue weighted by molar-refractivity contribution is -0.131. The van der Waals surface area contributed by atoms with E-state index in [1.165, 1.54) is 5.69 Å². The lowest BCUT2D eigenvalue weighted by atomic mass is 10.1. The standard InChI is InChI=1S/C15H23N3O2/c1-12-11-13(3-4-14(12)20-2)17-7-9-18(10-8-17)15(19)5-6-16/h3-4,11H,5-10,16H2,1-2H3. The number of methoxy groups -OCH3 is 1. The van der Waals surface area contributed by atoms with E-state index >= 15 is 0 Å². The highest BCUT2D eigenvalue weighted by atomic mass is 16.5. The predicted molar refractivity (Wildman–Crippen MR) is 80.2 cm³/mol. The molecule has 20 heavy (non-hydrogen) atoms. The van der Waals surface area contributed by atoms with E-state index < -0.39 is 0 Å². The average molecular weight is 277 g/mol. The molecule has 0 saturated carbocycles. The van der Waals surface area contributed by atoms with Gasteiger partial charge in [-0.15, -0.1) is 0 Å². The Morgan fingerprint density at radius 1 is 1.30 bits per heavy atom. The first-order valence-corrected chi connectivity index (χ1v) is 7.03. The van der Waals surface area contributed by atoms with Crippen LogP contribution in [0, 0.1) is 6.92 Å². The molecule has 1 aromatic carbocycles. The Morgan fingerprint density at radius 2 is 2.00 bits per heavy atom. The minimum Gasteiger partial charge on any atom is -0.496 e. The number of rotatable bonds is 4. The molecule has 1 amide bonds. The van der Waals surface area contributed by atoms with E-state index in [9.17, 15) is 4.79 Å². The van der Waals surface area contributed by atoms with Crippen LogP contribution in [0.1, 0.15) is 12.0 Å². The van der Waals surface area contributed by atoms with Crippen molar-refractivity contribution in [2.75, 3.05) is 44.7 Å². The molecule has 0 spiro atoms. The average Bonchev–Trinajstić information content (AvgIpc) is 2.47. The van der Waals surface area contributed by atoms with Crippen LogP contribution in [0.25, 0.3) is 0 Å². The Morgan fingerprint density at radius 3 is 2.55 bits per heavy atom. The molecule has 0 radical (unpaired) electrons. The van der Waals surface area contributed by atoms with Crippen molar-refractivity contribution in [3.8, 4) is 5.75 Å². The van der Waals surface area contributed by atoms with Crippen molar-refractivity contribution in [1.82, 2.24) is 4.90 Å². The summed E-state index contributed by atoms with van der Waals surface area (Å²) < 4.78 is 5.28. The maximum atomic E-state index is 11.8. The molecule has 1 aromatic rings. The van der Waals surface area contributed by atoms with E-state index in [0.29, 0.717) is 13.0 Å². The number of carbonyl (C=O) groups excluding carboxylic acids is 1. The normalized spacial score (nSPS) is 15.3. The molecule has 2 rings (SSSR count). The summed E-state index contributed by atoms with van der Waals surface area (Å²) in [6.07, 6.45) is 0.446. The van der Waals surface area contributed by atoms with Crippen LogP contribution in [0.5, 0.6) is 5.75 Å². The summed E-state index contributed by atoms with van der Waals surface area (Å²) in [7, 11) is 1.68. The highest BCUT2D eigenvalue weighted by Crippen LogP contribution is 2.25. The van der Waals surface area contributed by atoms with E-state index in [4.69, 9.17) is 10.5 Å². The minimum atomic E-state index is 0.165. The van der Waals surface area contributed by atoms with E-state index in [0.717, 1.165) is 37.5 Å². The van der Waals surface area contributed by atoms with Gasteiger partial charge in [0.1, 0.15) is 5.75 Å². The smallest absolute Gasteiger partial charge is 0.223 e. The van der Waals surface area contributed by atoms with Gasteiger partial charge in [0.2, 0.25) is 5.91 Å². The Kier molecular flexibility index (Phi) is 4.84. The Hall–Kier alpha value is -1.75. The zero-order valence-corrected chi connectivity index (χ0v) is 12.3. The lowest BCUT2D eigenvalue weighted by Gasteiger charge is -2.36. The first-order valence-electron chi connectivity index (χ1n) is 7.03. The molecule has 0 aliphatic carbocycles. The van der Waals surface area contributed by atoms with Crippen molar-refractivity contribution in [2.24, 2.45) is 5.73 Å². The molecule has 1 fully saturated rings. The first-order chi connectivity index (χ1) is 9.65. The van der Waals surface area contributed by atoms with Gasteiger partial charge >= 0.3 is 0 Å². The molecular weight excluding hydrogens is 254 g/mol. The maximum Gasteiger partial charge on any atom is 0.223 e. The third-order valence-corrected chi connectivity index (χ3v) is 3.73. The monoisotopic (exact) mass is 277 g/mol. The quantitative estimate of drug-likeness (QED) is 0.892. The van der Waals surface area contributed by atoms with E-state index in [2.05, 4.69) is 17.0 Å². The number of anilines is 1. The van der Waals surface area contributed by atoms with Crippen molar-refractivity contribution < 1.29 is 9.53 Å². The zero-order chi connectivity index (χ0) is 14.5. The zero-order valence-electron chi connectivity index (χ0n) is 12.3. The summed E-state index contributed by atoms with van der Waals surface area (Å²) in [6.45, 7) is 5.73. The van der Waals surface area contributed by atoms with Crippen LogP contribution < -0.4 is 15.4 Å². The fourth-order valence-corrected chi connectivity index (χ4v) is 2.55. The number of benzene rings is 1. The molecule has 0 atom stereocenters. The van der Waals surface area contributed by atoms with Crippen molar-refractivity contribution in [3.05, 3.63) is 23.8 Å². The predicted octanol–water partition coefficient (Wildman–Crippen LogP) is 1.00. The molecule has 5 nitrogen and oxygen atoms in total. The minimum absolute atomic E-state index is 0.165. The Balaban J connectivity index is 1.97. The summed E-state index contributed by atoms with van der Waals surface area (Å²) >= 11 is 0. The number of ether oxygens (including phenoxy) is 1. The number of piperazine rings is 1. The molecule has 1 aliphatic rings. The summed E-state index contributed by atoms with van der Waals surface area (Å²) in [5.41, 5.74) is 7.75. The number of nitrogens with zero attached hydrogens (tertiary/aromatic N) is 2. The van der Waals surface area contributed by atoms with Crippen LogP contribution in [0.4, 0.5) is 5.69 Å². The summed E-state index contributed by atoms with van der Waals surface area (Å²) in [5, 5.41) is 0. The number of carbonyl (C=O) groups is 1. The van der Waals surface area contributed by atoms with Crippen molar-refractivity contribution in [1.29, 1.82) is 0 Å². The second kappa shape index (κ2) is 6.61. The van der Waals surface area contributed by atoms with Gasteiger partial charge in [0.05, 0.1) is 7.11 Å². The Bertz CT molecular complexity index is 468. The van der Waals surface area contributed by atoms with Crippen LogP contribution >= 0.6 is 0 Å². The third-order valence-electron chi connectivity index (χ3n) is 3.73. The highest BCUT2D eigenvalue weighted by molar-refractivity contribution is 5.76. The topological polar surface area (TPSA) is 58.8 Å². The van der Waals surface area contributed by atoms with Gasteiger partial charge in [-0.3, -0.25) is 4.79 Å². The fraction of sp³-hybridized carbons (Fsp3) is 0.533. The molecule has 1 aliphatic heterocycles. The molecular formula is C15H23N3O2. The molecule has 1 heterocycles. The number of hydrogen-bond acceptors (Lipinski definition) is 4. The fourth-order valence-electron chi connectivity index (χ4n) is 2.55. The van der Waals surface area contributed by atoms with Crippen LogP contribution in [0.15, 0.2) is 18.2 Å². The first kappa shape index (κ1) is 14.7. The van der Waals surface area contributed by atoms with Gasteiger partial charge in [0.15, 0.2) is 0 Å². The van der Waals surface area contributed by atoms with Gasteiger partial charge in [-0.05, 0) is 30.7 Å². The van der Waals surface area contributed by atoms with Gasteiger partial charge < -0.3 is 20.3 Å².